The summed E-state index contributed by atoms with van der Waals surface area (Å²) in [6, 6.07) is 0. The summed E-state index contributed by atoms with van der Waals surface area (Å²) in [5, 5.41) is 10.0. The third kappa shape index (κ3) is 1.52. The molecular weight excluding hydrogens is 272 g/mol. The van der Waals surface area contributed by atoms with Crippen LogP contribution in [0, 0.1) is 35.0 Å². The zero-order chi connectivity index (χ0) is 15.1. The summed E-state index contributed by atoms with van der Waals surface area (Å²) < 4.78 is 0. The van der Waals surface area contributed by atoms with Crippen molar-refractivity contribution in [3.63, 3.8) is 0 Å². The van der Waals surface area contributed by atoms with Gasteiger partial charge in [-0.05, 0) is 68.6 Å². The van der Waals surface area contributed by atoms with Crippen LogP contribution in [0.1, 0.15) is 39.0 Å². The Kier molecular flexibility index (Phi) is 2.44. The minimum atomic E-state index is -0.792. The lowest BCUT2D eigenvalue weighted by molar-refractivity contribution is -0.125. The van der Waals surface area contributed by atoms with E-state index in [1.54, 1.807) is 13.0 Å². The van der Waals surface area contributed by atoms with Crippen LogP contribution in [0.3, 0.4) is 0 Å². The average Bonchev–Trinajstić information content (AvgIpc) is 3.25. The molecule has 3 fully saturated rings. The molecule has 0 heterocycles. The van der Waals surface area contributed by atoms with E-state index in [1.165, 1.54) is 19.3 Å². The third-order valence-electron chi connectivity index (χ3n) is 7.33. The first-order chi connectivity index (χ1) is 10.5. The number of allylic oxidation sites excluding steroid dienone is 4. The second kappa shape index (κ2) is 4.03. The number of aliphatic hydroxyl groups is 1. The van der Waals surface area contributed by atoms with E-state index in [-0.39, 0.29) is 5.41 Å². The molecule has 0 aromatic rings. The average molecular weight is 296 g/mol. The lowest BCUT2D eigenvalue weighted by Crippen LogP contribution is -2.39. The number of carbonyl (C=O) groups is 1. The predicted octanol–water partition coefficient (Wildman–Crippen LogP) is 3.43. The fraction of sp³-hybridized carbons (Fsp3) is 0.650. The van der Waals surface area contributed by atoms with E-state index in [0.29, 0.717) is 24.0 Å². The van der Waals surface area contributed by atoms with Gasteiger partial charge in [0.1, 0.15) is 0 Å². The molecule has 0 spiro atoms. The lowest BCUT2D eigenvalue weighted by Gasteiger charge is -2.39. The Hall–Kier alpha value is -1.15. The fourth-order valence-electron chi connectivity index (χ4n) is 6.53. The Balaban J connectivity index is 1.50. The number of carbonyl (C=O) groups excluding carboxylic acids is 1. The Bertz CT molecular complexity index is 638. The van der Waals surface area contributed by atoms with Gasteiger partial charge in [0.05, 0.1) is 11.0 Å². The van der Waals surface area contributed by atoms with E-state index in [1.807, 2.05) is 12.2 Å². The van der Waals surface area contributed by atoms with Gasteiger partial charge in [-0.25, -0.2) is 0 Å². The molecule has 7 atom stereocenters. The van der Waals surface area contributed by atoms with E-state index >= 15 is 0 Å². The first kappa shape index (κ1) is 13.3. The first-order valence-corrected chi connectivity index (χ1v) is 8.86. The van der Waals surface area contributed by atoms with Gasteiger partial charge in [0.15, 0.2) is 5.78 Å². The van der Waals surface area contributed by atoms with Crippen LogP contribution < -0.4 is 0 Å². The smallest absolute Gasteiger partial charge is 0.172 e. The molecule has 3 saturated carbocycles. The Morgan fingerprint density at radius 1 is 1.27 bits per heavy atom. The first-order valence-electron chi connectivity index (χ1n) is 8.86. The van der Waals surface area contributed by atoms with Crippen LogP contribution in [0.15, 0.2) is 36.0 Å². The van der Waals surface area contributed by atoms with E-state index < -0.39 is 5.60 Å². The SMILES string of the molecule is CC1(O)C=CC(C(=O)C23C=CC(C2)C2C4CCC(C4)C23)=CC1. The quantitative estimate of drug-likeness (QED) is 0.626. The highest BCUT2D eigenvalue weighted by molar-refractivity contribution is 6.04. The topological polar surface area (TPSA) is 37.3 Å². The van der Waals surface area contributed by atoms with Gasteiger partial charge in [0.2, 0.25) is 0 Å². The minimum Gasteiger partial charge on any atom is -0.386 e. The zero-order valence-corrected chi connectivity index (χ0v) is 13.2. The van der Waals surface area contributed by atoms with Crippen LogP contribution >= 0.6 is 0 Å². The normalized spacial score (nSPS) is 53.9. The number of Topliss-reactive ketones (excluding diaryl/α,β-unsaturated/α-hetero) is 1. The van der Waals surface area contributed by atoms with Crippen LogP contribution in [0.2, 0.25) is 0 Å². The van der Waals surface area contributed by atoms with Crippen molar-refractivity contribution in [1.29, 1.82) is 0 Å². The monoisotopic (exact) mass is 296 g/mol. The summed E-state index contributed by atoms with van der Waals surface area (Å²) in [5.41, 5.74) is -0.172. The maximum absolute atomic E-state index is 13.4. The molecule has 2 heteroatoms. The molecule has 0 aromatic heterocycles. The molecule has 2 nitrogen and oxygen atoms in total. The summed E-state index contributed by atoms with van der Waals surface area (Å²) in [6.45, 7) is 1.80. The van der Waals surface area contributed by atoms with Crippen LogP contribution in [-0.4, -0.2) is 16.5 Å². The molecule has 5 aliphatic rings. The zero-order valence-electron chi connectivity index (χ0n) is 13.2. The highest BCUT2D eigenvalue weighted by atomic mass is 16.3. The second-order valence-corrected chi connectivity index (χ2v) is 8.59. The van der Waals surface area contributed by atoms with Crippen molar-refractivity contribution < 1.29 is 9.90 Å². The predicted molar refractivity (Wildman–Crippen MR) is 85.0 cm³/mol. The molecule has 22 heavy (non-hydrogen) atoms. The van der Waals surface area contributed by atoms with Gasteiger partial charge >= 0.3 is 0 Å². The highest BCUT2D eigenvalue weighted by Gasteiger charge is 2.66. The largest absolute Gasteiger partial charge is 0.386 e. The molecule has 1 N–H and O–H groups in total. The van der Waals surface area contributed by atoms with E-state index in [0.717, 1.165) is 29.7 Å². The minimum absolute atomic E-state index is 0.214. The maximum Gasteiger partial charge on any atom is 0.172 e. The summed E-state index contributed by atoms with van der Waals surface area (Å²) in [6.07, 6.45) is 15.9. The third-order valence-corrected chi connectivity index (χ3v) is 7.33. The van der Waals surface area contributed by atoms with Crippen molar-refractivity contribution in [3.8, 4) is 0 Å². The Labute approximate surface area is 132 Å². The molecule has 0 amide bonds. The van der Waals surface area contributed by atoms with Gasteiger partial charge in [-0.2, -0.15) is 0 Å². The fourth-order valence-corrected chi connectivity index (χ4v) is 6.53. The van der Waals surface area contributed by atoms with Gasteiger partial charge in [-0.15, -0.1) is 0 Å². The maximum atomic E-state index is 13.4. The Morgan fingerprint density at radius 3 is 2.86 bits per heavy atom. The van der Waals surface area contributed by atoms with Gasteiger partial charge in [-0.1, -0.05) is 30.4 Å². The number of hydrogen-bond donors (Lipinski definition) is 1. The summed E-state index contributed by atoms with van der Waals surface area (Å²) >= 11 is 0. The van der Waals surface area contributed by atoms with Crippen molar-refractivity contribution in [3.05, 3.63) is 36.0 Å². The van der Waals surface area contributed by atoms with Crippen LogP contribution in [0.5, 0.6) is 0 Å². The molecular formula is C20H24O2. The van der Waals surface area contributed by atoms with Gasteiger partial charge in [-0.3, -0.25) is 4.79 Å². The highest BCUT2D eigenvalue weighted by Crippen LogP contribution is 2.70. The van der Waals surface area contributed by atoms with Crippen LogP contribution in [-0.2, 0) is 4.79 Å². The number of rotatable bonds is 2. The molecule has 5 rings (SSSR count). The van der Waals surface area contributed by atoms with Crippen molar-refractivity contribution in [2.45, 2.75) is 44.6 Å². The molecule has 7 unspecified atom stereocenters. The summed E-state index contributed by atoms with van der Waals surface area (Å²) in [5.74, 6) is 4.04. The van der Waals surface area contributed by atoms with Gasteiger partial charge in [0, 0.05) is 5.57 Å². The van der Waals surface area contributed by atoms with Crippen molar-refractivity contribution >= 4 is 5.78 Å². The van der Waals surface area contributed by atoms with Crippen molar-refractivity contribution in [2.75, 3.05) is 0 Å². The van der Waals surface area contributed by atoms with Crippen LogP contribution in [0.25, 0.3) is 0 Å². The van der Waals surface area contributed by atoms with Crippen molar-refractivity contribution in [2.24, 2.45) is 35.0 Å². The molecule has 0 saturated heterocycles. The van der Waals surface area contributed by atoms with Crippen LogP contribution in [0.4, 0.5) is 0 Å². The number of ketones is 1. The molecule has 0 radical (unpaired) electrons. The second-order valence-electron chi connectivity index (χ2n) is 8.59. The molecule has 4 bridgehead atoms. The van der Waals surface area contributed by atoms with E-state index in [9.17, 15) is 9.90 Å². The van der Waals surface area contributed by atoms with Crippen molar-refractivity contribution in [1.82, 2.24) is 0 Å². The molecule has 0 aromatic carbocycles. The molecule has 0 aliphatic heterocycles. The van der Waals surface area contributed by atoms with E-state index in [4.69, 9.17) is 0 Å². The van der Waals surface area contributed by atoms with Gasteiger partial charge in [0.25, 0.3) is 0 Å². The standard InChI is InChI=1S/C20H24O2/c1-19(22)7-4-12(5-8-19)18(21)20-9-6-15(11-20)16-13-2-3-14(10-13)17(16)20/h4-7,9,13-17,22H,2-3,8,10-11H2,1H3. The lowest BCUT2D eigenvalue weighted by atomic mass is 9.64. The Morgan fingerprint density at radius 2 is 2.09 bits per heavy atom. The number of hydrogen-bond acceptors (Lipinski definition) is 2. The summed E-state index contributed by atoms with van der Waals surface area (Å²) in [7, 11) is 0. The van der Waals surface area contributed by atoms with Gasteiger partial charge < -0.3 is 5.11 Å². The van der Waals surface area contributed by atoms with E-state index in [2.05, 4.69) is 12.2 Å². The molecule has 116 valence electrons. The summed E-state index contributed by atoms with van der Waals surface area (Å²) in [4.78, 5) is 13.4. The molecule has 5 aliphatic carbocycles. The number of fused-ring (bicyclic) bond motifs is 9.